The molecule has 1 aromatic carbocycles. The monoisotopic (exact) mass is 262 g/mol. The number of pyridine rings is 1. The first-order valence-electron chi connectivity index (χ1n) is 5.62. The summed E-state index contributed by atoms with van der Waals surface area (Å²) in [6.45, 7) is 0.364. The van der Waals surface area contributed by atoms with E-state index in [0.29, 0.717) is 13.0 Å². The van der Waals surface area contributed by atoms with Gasteiger partial charge in [0, 0.05) is 18.9 Å². The van der Waals surface area contributed by atoms with E-state index in [4.69, 9.17) is 0 Å². The van der Waals surface area contributed by atoms with Crippen molar-refractivity contribution in [3.05, 3.63) is 60.4 Å². The molecule has 1 N–H and O–H groups in total. The quantitative estimate of drug-likeness (QED) is 0.890. The molecule has 1 aromatic heterocycles. The lowest BCUT2D eigenvalue weighted by Crippen LogP contribution is -2.25. The van der Waals surface area contributed by atoms with Gasteiger partial charge in [0.2, 0.25) is 10.0 Å². The minimum absolute atomic E-state index is 0.288. The van der Waals surface area contributed by atoms with E-state index in [1.807, 2.05) is 12.1 Å². The number of nitrogens with zero attached hydrogens (tertiary/aromatic N) is 1. The van der Waals surface area contributed by atoms with Crippen LogP contribution in [0.2, 0.25) is 0 Å². The van der Waals surface area contributed by atoms with E-state index in [2.05, 4.69) is 9.71 Å². The van der Waals surface area contributed by atoms with Crippen LogP contribution in [0.5, 0.6) is 0 Å². The average molecular weight is 262 g/mol. The number of aromatic nitrogens is 1. The third kappa shape index (κ3) is 3.38. The first-order chi connectivity index (χ1) is 8.68. The summed E-state index contributed by atoms with van der Waals surface area (Å²) >= 11 is 0. The van der Waals surface area contributed by atoms with Crippen LogP contribution in [0.15, 0.2) is 59.8 Å². The highest BCUT2D eigenvalue weighted by atomic mass is 32.2. The van der Waals surface area contributed by atoms with E-state index < -0.39 is 10.0 Å². The Labute approximate surface area is 107 Å². The van der Waals surface area contributed by atoms with Gasteiger partial charge in [-0.2, -0.15) is 0 Å². The Hall–Kier alpha value is -1.72. The molecule has 0 bridgehead atoms. The second-order valence-corrected chi connectivity index (χ2v) is 5.59. The van der Waals surface area contributed by atoms with Gasteiger partial charge in [-0.1, -0.05) is 24.3 Å². The van der Waals surface area contributed by atoms with Gasteiger partial charge >= 0.3 is 0 Å². The average Bonchev–Trinajstić information content (AvgIpc) is 2.41. The number of hydrogen-bond donors (Lipinski definition) is 1. The molecule has 2 aromatic rings. The maximum Gasteiger partial charge on any atom is 0.240 e. The van der Waals surface area contributed by atoms with Crippen LogP contribution in [-0.4, -0.2) is 19.9 Å². The van der Waals surface area contributed by atoms with Crippen molar-refractivity contribution in [3.63, 3.8) is 0 Å². The van der Waals surface area contributed by atoms with Gasteiger partial charge in [-0.25, -0.2) is 13.1 Å². The molecule has 0 unspecified atom stereocenters. The predicted molar refractivity (Wildman–Crippen MR) is 69.6 cm³/mol. The van der Waals surface area contributed by atoms with Gasteiger partial charge in [0.25, 0.3) is 0 Å². The minimum Gasteiger partial charge on any atom is -0.264 e. The molecule has 1 heterocycles. The molecule has 4 nitrogen and oxygen atoms in total. The van der Waals surface area contributed by atoms with E-state index in [0.717, 1.165) is 5.56 Å². The van der Waals surface area contributed by atoms with Crippen molar-refractivity contribution in [2.45, 2.75) is 11.3 Å². The zero-order valence-corrected chi connectivity index (χ0v) is 10.6. The van der Waals surface area contributed by atoms with Crippen molar-refractivity contribution in [1.29, 1.82) is 0 Å². The van der Waals surface area contributed by atoms with Crippen molar-refractivity contribution in [3.8, 4) is 0 Å². The van der Waals surface area contributed by atoms with Crippen molar-refractivity contribution >= 4 is 10.0 Å². The summed E-state index contributed by atoms with van der Waals surface area (Å²) in [5.41, 5.74) is 1.01. The molecule has 0 spiro atoms. The van der Waals surface area contributed by atoms with Crippen LogP contribution in [0.25, 0.3) is 0 Å². The molecule has 0 fully saturated rings. The molecule has 0 aliphatic carbocycles. The Morgan fingerprint density at radius 1 is 1.06 bits per heavy atom. The van der Waals surface area contributed by atoms with Crippen LogP contribution < -0.4 is 4.72 Å². The first kappa shape index (κ1) is 12.7. The van der Waals surface area contributed by atoms with E-state index >= 15 is 0 Å². The molecular weight excluding hydrogens is 248 g/mol. The SMILES string of the molecule is O=S(=O)(NCCc1cccnc1)c1ccccc1. The molecule has 0 saturated carbocycles. The van der Waals surface area contributed by atoms with E-state index in [-0.39, 0.29) is 4.90 Å². The lowest BCUT2D eigenvalue weighted by atomic mass is 10.2. The number of sulfonamides is 1. The van der Waals surface area contributed by atoms with Gasteiger partial charge in [0.15, 0.2) is 0 Å². The second kappa shape index (κ2) is 5.75. The molecule has 18 heavy (non-hydrogen) atoms. The summed E-state index contributed by atoms with van der Waals surface area (Å²) in [5.74, 6) is 0. The van der Waals surface area contributed by atoms with Crippen LogP contribution in [0, 0.1) is 0 Å². The highest BCUT2D eigenvalue weighted by Crippen LogP contribution is 2.07. The number of nitrogens with one attached hydrogen (secondary N) is 1. The first-order valence-corrected chi connectivity index (χ1v) is 7.10. The van der Waals surface area contributed by atoms with Crippen molar-refractivity contribution in [1.82, 2.24) is 9.71 Å². The summed E-state index contributed by atoms with van der Waals surface area (Å²) in [4.78, 5) is 4.27. The Morgan fingerprint density at radius 2 is 1.83 bits per heavy atom. The number of rotatable bonds is 5. The van der Waals surface area contributed by atoms with Crippen LogP contribution in [0.4, 0.5) is 0 Å². The number of hydrogen-bond acceptors (Lipinski definition) is 3. The Kier molecular flexibility index (Phi) is 4.07. The molecule has 2 rings (SSSR count). The normalized spacial score (nSPS) is 11.3. The minimum atomic E-state index is -3.40. The topological polar surface area (TPSA) is 59.1 Å². The lowest BCUT2D eigenvalue weighted by Gasteiger charge is -2.06. The van der Waals surface area contributed by atoms with Gasteiger partial charge in [-0.3, -0.25) is 4.98 Å². The molecule has 94 valence electrons. The van der Waals surface area contributed by atoms with Gasteiger partial charge in [-0.15, -0.1) is 0 Å². The van der Waals surface area contributed by atoms with Crippen molar-refractivity contribution in [2.75, 3.05) is 6.54 Å². The number of benzene rings is 1. The molecule has 0 atom stereocenters. The maximum atomic E-state index is 11.9. The van der Waals surface area contributed by atoms with Gasteiger partial charge < -0.3 is 0 Å². The highest BCUT2D eigenvalue weighted by molar-refractivity contribution is 7.89. The van der Waals surface area contributed by atoms with Crippen LogP contribution in [-0.2, 0) is 16.4 Å². The third-order valence-corrected chi connectivity index (χ3v) is 3.96. The molecule has 5 heteroatoms. The summed E-state index contributed by atoms with van der Waals surface area (Å²) in [5, 5.41) is 0. The molecule has 0 aliphatic rings. The molecule has 0 radical (unpaired) electrons. The van der Waals surface area contributed by atoms with Crippen LogP contribution in [0.1, 0.15) is 5.56 Å². The fraction of sp³-hybridized carbons (Fsp3) is 0.154. The predicted octanol–water partition coefficient (Wildman–Crippen LogP) is 1.60. The maximum absolute atomic E-state index is 11.9. The Bertz CT molecular complexity index is 583. The molecule has 0 aliphatic heterocycles. The summed E-state index contributed by atoms with van der Waals surface area (Å²) in [6, 6.07) is 12.1. The third-order valence-electron chi connectivity index (χ3n) is 2.48. The molecule has 0 saturated heterocycles. The Morgan fingerprint density at radius 3 is 2.50 bits per heavy atom. The standard InChI is InChI=1S/C13H14N2O2S/c16-18(17,13-6-2-1-3-7-13)15-10-8-12-5-4-9-14-11-12/h1-7,9,11,15H,8,10H2. The van der Waals surface area contributed by atoms with Gasteiger partial charge in [0.1, 0.15) is 0 Å². The zero-order valence-electron chi connectivity index (χ0n) is 9.78. The highest BCUT2D eigenvalue weighted by Gasteiger charge is 2.11. The van der Waals surface area contributed by atoms with Crippen LogP contribution >= 0.6 is 0 Å². The van der Waals surface area contributed by atoms with E-state index in [9.17, 15) is 8.42 Å². The Balaban J connectivity index is 1.95. The van der Waals surface area contributed by atoms with Crippen molar-refractivity contribution < 1.29 is 8.42 Å². The zero-order chi connectivity index (χ0) is 12.8. The lowest BCUT2D eigenvalue weighted by molar-refractivity contribution is 0.581. The summed E-state index contributed by atoms with van der Waals surface area (Å²) in [6.07, 6.45) is 4.05. The fourth-order valence-electron chi connectivity index (χ4n) is 1.56. The molecular formula is C13H14N2O2S. The second-order valence-electron chi connectivity index (χ2n) is 3.82. The smallest absolute Gasteiger partial charge is 0.240 e. The summed E-state index contributed by atoms with van der Waals surface area (Å²) in [7, 11) is -3.40. The van der Waals surface area contributed by atoms with Crippen molar-refractivity contribution in [2.24, 2.45) is 0 Å². The fourth-order valence-corrected chi connectivity index (χ4v) is 2.61. The van der Waals surface area contributed by atoms with E-state index in [1.165, 1.54) is 0 Å². The van der Waals surface area contributed by atoms with E-state index in [1.54, 1.807) is 42.7 Å². The van der Waals surface area contributed by atoms with Crippen LogP contribution in [0.3, 0.4) is 0 Å². The summed E-state index contributed by atoms with van der Waals surface area (Å²) < 4.78 is 26.4. The largest absolute Gasteiger partial charge is 0.264 e. The van der Waals surface area contributed by atoms with Gasteiger partial charge in [-0.05, 0) is 30.2 Å². The molecule has 0 amide bonds. The van der Waals surface area contributed by atoms with Gasteiger partial charge in [0.05, 0.1) is 4.90 Å².